The number of aromatic nitrogens is 1. The predicted octanol–water partition coefficient (Wildman–Crippen LogP) is 5.41. The van der Waals surface area contributed by atoms with Crippen molar-refractivity contribution in [1.82, 2.24) is 4.98 Å². The Balaban J connectivity index is 1.69. The molecule has 0 saturated carbocycles. The van der Waals surface area contributed by atoms with Crippen LogP contribution >= 0.6 is 11.6 Å². The third kappa shape index (κ3) is 4.17. The Morgan fingerprint density at radius 1 is 1.19 bits per heavy atom. The van der Waals surface area contributed by atoms with Crippen molar-refractivity contribution in [3.8, 4) is 11.8 Å². The van der Waals surface area contributed by atoms with Gasteiger partial charge >= 0.3 is 12.0 Å². The van der Waals surface area contributed by atoms with E-state index >= 15 is 0 Å². The standard InChI is InChI=1S/C20H20ClNO4/c1-4-24-18(23)20(2,3)12-13-5-8-15(9-6-13)25-19-22-16-10-7-14(21)11-17(16)26-19/h5-11H,4,12H2,1-3H3. The number of rotatable bonds is 6. The van der Waals surface area contributed by atoms with Crippen LogP contribution in [0.3, 0.4) is 0 Å². The Morgan fingerprint density at radius 3 is 2.62 bits per heavy atom. The van der Waals surface area contributed by atoms with Crippen LogP contribution in [0.15, 0.2) is 46.9 Å². The summed E-state index contributed by atoms with van der Waals surface area (Å²) in [6.07, 6.45) is 0.731. The Bertz CT molecular complexity index is 915. The SMILES string of the molecule is CCOC(=O)C(C)(C)Cc1ccc(Oc2nc3ccc(Cl)cc3o2)cc1. The normalized spacial score (nSPS) is 11.5. The summed E-state index contributed by atoms with van der Waals surface area (Å²) in [6.45, 7) is 5.93. The predicted molar refractivity (Wildman–Crippen MR) is 99.7 cm³/mol. The number of benzene rings is 2. The molecule has 0 saturated heterocycles. The number of carbonyl (C=O) groups excluding carboxylic acids is 1. The molecule has 5 nitrogen and oxygen atoms in total. The second-order valence-electron chi connectivity index (χ2n) is 6.62. The van der Waals surface area contributed by atoms with Crippen molar-refractivity contribution in [2.45, 2.75) is 27.2 Å². The molecule has 1 aromatic heterocycles. The number of oxazole rings is 1. The number of hydrogen-bond donors (Lipinski definition) is 0. The van der Waals surface area contributed by atoms with Gasteiger partial charge in [-0.05, 0) is 57.0 Å². The molecule has 6 heteroatoms. The minimum Gasteiger partial charge on any atom is -0.466 e. The smallest absolute Gasteiger partial charge is 0.400 e. The molecule has 26 heavy (non-hydrogen) atoms. The minimum atomic E-state index is -0.585. The second-order valence-corrected chi connectivity index (χ2v) is 7.06. The van der Waals surface area contributed by atoms with Gasteiger partial charge in [-0.15, -0.1) is 0 Å². The summed E-state index contributed by atoms with van der Waals surface area (Å²) in [4.78, 5) is 16.3. The number of ether oxygens (including phenoxy) is 2. The molecule has 3 rings (SSSR count). The number of hydrogen-bond acceptors (Lipinski definition) is 5. The number of carbonyl (C=O) groups is 1. The van der Waals surface area contributed by atoms with Crippen molar-refractivity contribution in [2.24, 2.45) is 5.41 Å². The first-order chi connectivity index (χ1) is 12.4. The van der Waals surface area contributed by atoms with Crippen LogP contribution in [-0.4, -0.2) is 17.6 Å². The molecule has 0 bridgehead atoms. The summed E-state index contributed by atoms with van der Waals surface area (Å²) in [5.41, 5.74) is 1.68. The van der Waals surface area contributed by atoms with Crippen molar-refractivity contribution in [2.75, 3.05) is 6.61 Å². The maximum absolute atomic E-state index is 12.0. The van der Waals surface area contributed by atoms with Gasteiger partial charge in [-0.1, -0.05) is 23.7 Å². The first-order valence-electron chi connectivity index (χ1n) is 8.37. The number of halogens is 1. The monoisotopic (exact) mass is 373 g/mol. The largest absolute Gasteiger partial charge is 0.466 e. The molecule has 0 unspecified atom stereocenters. The Labute approximate surface area is 156 Å². The molecule has 0 fully saturated rings. The lowest BCUT2D eigenvalue weighted by molar-refractivity contribution is -0.153. The van der Waals surface area contributed by atoms with E-state index in [1.54, 1.807) is 25.1 Å². The molecule has 0 amide bonds. The summed E-state index contributed by atoms with van der Waals surface area (Å²) in [7, 11) is 0. The fraction of sp³-hybridized carbons (Fsp3) is 0.300. The third-order valence-electron chi connectivity index (χ3n) is 3.93. The molecule has 136 valence electrons. The van der Waals surface area contributed by atoms with E-state index < -0.39 is 5.41 Å². The van der Waals surface area contributed by atoms with Gasteiger partial charge in [0.15, 0.2) is 5.58 Å². The summed E-state index contributed by atoms with van der Waals surface area (Å²) >= 11 is 5.94. The molecule has 0 atom stereocenters. The highest BCUT2D eigenvalue weighted by atomic mass is 35.5. The van der Waals surface area contributed by atoms with E-state index in [4.69, 9.17) is 25.5 Å². The van der Waals surface area contributed by atoms with Crippen molar-refractivity contribution < 1.29 is 18.7 Å². The molecule has 0 aliphatic heterocycles. The van der Waals surface area contributed by atoms with Crippen molar-refractivity contribution in [3.05, 3.63) is 53.1 Å². The quantitative estimate of drug-likeness (QED) is 0.541. The first kappa shape index (κ1) is 18.3. The third-order valence-corrected chi connectivity index (χ3v) is 4.17. The highest BCUT2D eigenvalue weighted by Crippen LogP contribution is 2.29. The Hall–Kier alpha value is -2.53. The van der Waals surface area contributed by atoms with E-state index in [0.29, 0.717) is 34.9 Å². The minimum absolute atomic E-state index is 0.155. The molecule has 0 aliphatic rings. The van der Waals surface area contributed by atoms with Crippen LogP contribution in [-0.2, 0) is 16.0 Å². The molecule has 0 radical (unpaired) electrons. The zero-order chi connectivity index (χ0) is 18.7. The van der Waals surface area contributed by atoms with Crippen molar-refractivity contribution >= 4 is 28.7 Å². The maximum atomic E-state index is 12.0. The fourth-order valence-electron chi connectivity index (χ4n) is 2.61. The number of fused-ring (bicyclic) bond motifs is 1. The highest BCUT2D eigenvalue weighted by molar-refractivity contribution is 6.31. The molecular weight excluding hydrogens is 354 g/mol. The Morgan fingerprint density at radius 2 is 1.92 bits per heavy atom. The van der Waals surface area contributed by atoms with Crippen LogP contribution in [0.4, 0.5) is 0 Å². The van der Waals surface area contributed by atoms with Crippen LogP contribution in [0, 0.1) is 5.41 Å². The van der Waals surface area contributed by atoms with Gasteiger partial charge in [-0.3, -0.25) is 4.79 Å². The lowest BCUT2D eigenvalue weighted by Crippen LogP contribution is -2.28. The van der Waals surface area contributed by atoms with Gasteiger partial charge in [0.2, 0.25) is 0 Å². The summed E-state index contributed by atoms with van der Waals surface area (Å²) in [6, 6.07) is 12.7. The Kier molecular flexibility index (Phi) is 5.18. The average Bonchev–Trinajstić information content (AvgIpc) is 2.98. The van der Waals surface area contributed by atoms with Gasteiger partial charge in [0.25, 0.3) is 0 Å². The summed E-state index contributed by atoms with van der Waals surface area (Å²) < 4.78 is 16.3. The van der Waals surface area contributed by atoms with Gasteiger partial charge < -0.3 is 13.9 Å². The van der Waals surface area contributed by atoms with E-state index in [0.717, 1.165) is 5.56 Å². The zero-order valence-electron chi connectivity index (χ0n) is 14.9. The lowest BCUT2D eigenvalue weighted by atomic mass is 9.86. The summed E-state index contributed by atoms with van der Waals surface area (Å²) in [5.74, 6) is 0.394. The second kappa shape index (κ2) is 7.38. The van der Waals surface area contributed by atoms with Crippen LogP contribution in [0.25, 0.3) is 11.1 Å². The van der Waals surface area contributed by atoms with Gasteiger partial charge in [-0.2, -0.15) is 4.98 Å². The molecule has 3 aromatic rings. The van der Waals surface area contributed by atoms with Gasteiger partial charge in [0.1, 0.15) is 11.3 Å². The van der Waals surface area contributed by atoms with E-state index in [-0.39, 0.29) is 12.0 Å². The topological polar surface area (TPSA) is 61.6 Å². The molecule has 1 heterocycles. The maximum Gasteiger partial charge on any atom is 0.400 e. The van der Waals surface area contributed by atoms with E-state index in [1.807, 2.05) is 38.1 Å². The molecular formula is C20H20ClNO4. The lowest BCUT2D eigenvalue weighted by Gasteiger charge is -2.22. The summed E-state index contributed by atoms with van der Waals surface area (Å²) in [5, 5.41) is 0.578. The molecule has 0 aliphatic carbocycles. The molecule has 0 N–H and O–H groups in total. The van der Waals surface area contributed by atoms with E-state index in [9.17, 15) is 4.79 Å². The first-order valence-corrected chi connectivity index (χ1v) is 8.75. The van der Waals surface area contributed by atoms with Gasteiger partial charge in [0.05, 0.1) is 12.0 Å². The number of esters is 1. The van der Waals surface area contributed by atoms with Crippen LogP contribution < -0.4 is 4.74 Å². The molecule has 2 aromatic carbocycles. The van der Waals surface area contributed by atoms with Crippen molar-refractivity contribution in [3.63, 3.8) is 0 Å². The van der Waals surface area contributed by atoms with Crippen molar-refractivity contribution in [1.29, 1.82) is 0 Å². The van der Waals surface area contributed by atoms with Gasteiger partial charge in [0, 0.05) is 11.1 Å². The van der Waals surface area contributed by atoms with Crippen LogP contribution in [0.5, 0.6) is 11.8 Å². The molecule has 0 spiro atoms. The van der Waals surface area contributed by atoms with Crippen LogP contribution in [0.2, 0.25) is 5.02 Å². The van der Waals surface area contributed by atoms with Gasteiger partial charge in [-0.25, -0.2) is 0 Å². The number of nitrogens with zero attached hydrogens (tertiary/aromatic N) is 1. The van der Waals surface area contributed by atoms with Crippen LogP contribution in [0.1, 0.15) is 26.3 Å². The highest BCUT2D eigenvalue weighted by Gasteiger charge is 2.29. The average molecular weight is 374 g/mol. The fourth-order valence-corrected chi connectivity index (χ4v) is 2.77. The zero-order valence-corrected chi connectivity index (χ0v) is 15.7. The van der Waals surface area contributed by atoms with E-state index in [1.165, 1.54) is 0 Å². The van der Waals surface area contributed by atoms with E-state index in [2.05, 4.69) is 4.98 Å².